The van der Waals surface area contributed by atoms with Crippen molar-refractivity contribution in [2.24, 2.45) is 10.7 Å². The molecule has 0 aromatic heterocycles. The number of ether oxygens (including phenoxy) is 2. The van der Waals surface area contributed by atoms with Crippen molar-refractivity contribution in [3.63, 3.8) is 0 Å². The molecule has 2 aromatic rings. The number of likely N-dealkylation sites (N-methyl/N-ethyl adjacent to an activating group) is 1. The number of anilines is 2. The highest BCUT2D eigenvalue weighted by Gasteiger charge is 2.21. The molecule has 2 heterocycles. The third-order valence-corrected chi connectivity index (χ3v) is 7.25. The van der Waals surface area contributed by atoms with Gasteiger partial charge in [-0.2, -0.15) is 0 Å². The van der Waals surface area contributed by atoms with E-state index in [1.54, 1.807) is 6.07 Å². The molecule has 0 radical (unpaired) electrons. The van der Waals surface area contributed by atoms with Crippen LogP contribution in [0, 0.1) is 17.0 Å². The van der Waals surface area contributed by atoms with Crippen molar-refractivity contribution in [1.82, 2.24) is 10.2 Å². The van der Waals surface area contributed by atoms with Crippen LogP contribution in [0.4, 0.5) is 20.2 Å². The van der Waals surface area contributed by atoms with Gasteiger partial charge in [0.25, 0.3) is 5.91 Å². The molecule has 12 heteroatoms. The fourth-order valence-electron chi connectivity index (χ4n) is 4.86. The summed E-state index contributed by atoms with van der Waals surface area (Å²) in [5.41, 5.74) is 8.84. The Kier molecular flexibility index (Phi) is 11.2. The number of amides is 1. The minimum absolute atomic E-state index is 0.0378. The van der Waals surface area contributed by atoms with Crippen molar-refractivity contribution in [1.29, 1.82) is 5.41 Å². The minimum Gasteiger partial charge on any atom is -0.473 e. The van der Waals surface area contributed by atoms with Crippen LogP contribution in [0.2, 0.25) is 0 Å². The summed E-state index contributed by atoms with van der Waals surface area (Å²) in [5, 5.41) is 14.5. The van der Waals surface area contributed by atoms with Crippen molar-refractivity contribution >= 4 is 29.8 Å². The summed E-state index contributed by atoms with van der Waals surface area (Å²) in [6.45, 7) is 8.38. The maximum atomic E-state index is 13.4. The van der Waals surface area contributed by atoms with E-state index in [9.17, 15) is 13.6 Å². The van der Waals surface area contributed by atoms with E-state index in [1.807, 2.05) is 12.1 Å². The van der Waals surface area contributed by atoms with Crippen LogP contribution < -0.4 is 21.3 Å². The monoisotopic (exact) mass is 595 g/mol. The molecule has 0 aliphatic carbocycles. The Labute approximate surface area is 250 Å². The number of allylic oxidation sites excluding steroid dienone is 2. The lowest BCUT2D eigenvalue weighted by molar-refractivity contribution is 0.0904. The molecule has 5 N–H and O–H groups in total. The normalized spacial score (nSPS) is 17.0. The first-order valence-corrected chi connectivity index (χ1v) is 14.2. The number of piperazine rings is 1. The van der Waals surface area contributed by atoms with Crippen molar-refractivity contribution in [2.45, 2.75) is 31.9 Å². The molecule has 0 spiro atoms. The number of hydrogen-bond acceptors (Lipinski definition) is 9. The molecular formula is C31H39F2N7O3. The summed E-state index contributed by atoms with van der Waals surface area (Å²) in [6, 6.07) is 9.02. The lowest BCUT2D eigenvalue weighted by atomic mass is 10.1. The highest BCUT2D eigenvalue weighted by Crippen LogP contribution is 2.27. The Bertz CT molecular complexity index is 1350. The number of aliphatic imine (C=N–C) groups is 1. The molecule has 0 unspecified atom stereocenters. The van der Waals surface area contributed by atoms with Gasteiger partial charge in [-0.15, -0.1) is 0 Å². The van der Waals surface area contributed by atoms with Gasteiger partial charge in [0.1, 0.15) is 24.1 Å². The summed E-state index contributed by atoms with van der Waals surface area (Å²) in [6.07, 6.45) is 4.55. The van der Waals surface area contributed by atoms with Crippen LogP contribution in [0.5, 0.6) is 0 Å². The number of nitrogens with two attached hydrogens (primary N) is 1. The predicted octanol–water partition coefficient (Wildman–Crippen LogP) is 4.01. The second-order valence-corrected chi connectivity index (χ2v) is 10.6. The zero-order valence-electron chi connectivity index (χ0n) is 24.4. The lowest BCUT2D eigenvalue weighted by Gasteiger charge is -2.34. The fraction of sp³-hybridized carbons (Fsp3) is 0.387. The van der Waals surface area contributed by atoms with Gasteiger partial charge in [0, 0.05) is 81.1 Å². The number of benzene rings is 2. The molecule has 2 aliphatic rings. The van der Waals surface area contributed by atoms with Crippen LogP contribution in [0.1, 0.15) is 35.2 Å². The molecule has 2 aromatic carbocycles. The standard InChI is InChI=1S/C31H39F2N7O3/c1-36-30(43-20-21-15-22(32)17-23(33)16-21)6-3-24(34)18-29(35)38-31(41)27-5-4-26(40-11-9-39(2)10-12-40)19-28(27)37-25-7-13-42-14-8-25/h3-6,15-17,19,25,37H,1,7-14,18,20,34H2,2H3,(H2,35,38,41)/b24-3+,30-6+. The van der Waals surface area contributed by atoms with Gasteiger partial charge < -0.3 is 35.6 Å². The molecule has 0 saturated carbocycles. The Morgan fingerprint density at radius 2 is 1.84 bits per heavy atom. The summed E-state index contributed by atoms with van der Waals surface area (Å²) < 4.78 is 37.8. The third-order valence-electron chi connectivity index (χ3n) is 7.25. The SMILES string of the molecule is C=N/C(=C\C=C(\N)CC(=N)NC(=O)c1ccc(N2CCN(C)CC2)cc1NC1CCOCC1)OCc1cc(F)cc(F)c1. The highest BCUT2D eigenvalue weighted by molar-refractivity contribution is 6.09. The van der Waals surface area contributed by atoms with Gasteiger partial charge in [0.15, 0.2) is 0 Å². The Hall–Kier alpha value is -4.29. The van der Waals surface area contributed by atoms with Crippen molar-refractivity contribution in [2.75, 3.05) is 56.7 Å². The van der Waals surface area contributed by atoms with Crippen molar-refractivity contribution < 1.29 is 23.0 Å². The predicted molar refractivity (Wildman–Crippen MR) is 164 cm³/mol. The summed E-state index contributed by atoms with van der Waals surface area (Å²) in [4.78, 5) is 21.7. The number of halogens is 2. The van der Waals surface area contributed by atoms with Crippen LogP contribution in [0.25, 0.3) is 0 Å². The topological polar surface area (TPSA) is 128 Å². The van der Waals surface area contributed by atoms with Gasteiger partial charge in [-0.3, -0.25) is 10.2 Å². The zero-order chi connectivity index (χ0) is 30.8. The lowest BCUT2D eigenvalue weighted by Crippen LogP contribution is -2.44. The average molecular weight is 596 g/mol. The van der Waals surface area contributed by atoms with E-state index >= 15 is 0 Å². The maximum Gasteiger partial charge on any atom is 0.258 e. The molecule has 4 rings (SSSR count). The van der Waals surface area contributed by atoms with Gasteiger partial charge in [0.05, 0.1) is 5.56 Å². The number of rotatable bonds is 11. The summed E-state index contributed by atoms with van der Waals surface area (Å²) in [7, 11) is 2.11. The Morgan fingerprint density at radius 3 is 2.51 bits per heavy atom. The van der Waals surface area contributed by atoms with E-state index in [2.05, 4.69) is 39.2 Å². The molecule has 230 valence electrons. The highest BCUT2D eigenvalue weighted by atomic mass is 19.1. The molecule has 0 atom stereocenters. The fourth-order valence-corrected chi connectivity index (χ4v) is 4.86. The second-order valence-electron chi connectivity index (χ2n) is 10.6. The molecule has 43 heavy (non-hydrogen) atoms. The molecule has 10 nitrogen and oxygen atoms in total. The van der Waals surface area contributed by atoms with Crippen LogP contribution in [0.3, 0.4) is 0 Å². The first kappa shape index (κ1) is 31.6. The van der Waals surface area contributed by atoms with Crippen LogP contribution >= 0.6 is 0 Å². The number of carbonyl (C=O) groups is 1. The molecule has 0 bridgehead atoms. The minimum atomic E-state index is -0.710. The third kappa shape index (κ3) is 9.62. The number of nitrogens with zero attached hydrogens (tertiary/aromatic N) is 3. The zero-order valence-corrected chi connectivity index (χ0v) is 24.4. The van der Waals surface area contributed by atoms with Gasteiger partial charge in [-0.1, -0.05) is 0 Å². The van der Waals surface area contributed by atoms with E-state index in [0.29, 0.717) is 18.8 Å². The number of nitrogens with one attached hydrogen (secondary N) is 3. The maximum absolute atomic E-state index is 13.4. The van der Waals surface area contributed by atoms with Crippen LogP contribution in [0.15, 0.2) is 65.1 Å². The molecule has 2 fully saturated rings. The van der Waals surface area contributed by atoms with Gasteiger partial charge in [0.2, 0.25) is 5.88 Å². The Morgan fingerprint density at radius 1 is 1.14 bits per heavy atom. The quantitative estimate of drug-likeness (QED) is 0.134. The smallest absolute Gasteiger partial charge is 0.258 e. The number of hydrogen-bond donors (Lipinski definition) is 4. The van der Waals surface area contributed by atoms with Gasteiger partial charge in [-0.05, 0) is 68.6 Å². The number of amidine groups is 1. The first-order chi connectivity index (χ1) is 20.7. The van der Waals surface area contributed by atoms with E-state index in [1.165, 1.54) is 12.2 Å². The Balaban J connectivity index is 1.39. The molecule has 2 saturated heterocycles. The van der Waals surface area contributed by atoms with E-state index in [-0.39, 0.29) is 42.0 Å². The van der Waals surface area contributed by atoms with Crippen molar-refractivity contribution in [3.05, 3.63) is 82.9 Å². The summed E-state index contributed by atoms with van der Waals surface area (Å²) >= 11 is 0. The largest absolute Gasteiger partial charge is 0.473 e. The van der Waals surface area contributed by atoms with Crippen molar-refractivity contribution in [3.8, 4) is 0 Å². The van der Waals surface area contributed by atoms with E-state index in [4.69, 9.17) is 20.6 Å². The number of carbonyl (C=O) groups excluding carboxylic acids is 1. The van der Waals surface area contributed by atoms with Gasteiger partial charge in [-0.25, -0.2) is 13.8 Å². The van der Waals surface area contributed by atoms with Crippen LogP contribution in [-0.2, 0) is 16.1 Å². The second kappa shape index (κ2) is 15.3. The van der Waals surface area contributed by atoms with E-state index in [0.717, 1.165) is 68.6 Å². The molecule has 2 aliphatic heterocycles. The van der Waals surface area contributed by atoms with E-state index < -0.39 is 17.5 Å². The van der Waals surface area contributed by atoms with Gasteiger partial charge >= 0.3 is 0 Å². The van der Waals surface area contributed by atoms with Crippen LogP contribution in [-0.4, -0.2) is 75.8 Å². The molecular weight excluding hydrogens is 556 g/mol. The average Bonchev–Trinajstić information content (AvgIpc) is 2.97. The summed E-state index contributed by atoms with van der Waals surface area (Å²) in [5.74, 6) is -1.84. The molecule has 1 amide bonds. The first-order valence-electron chi connectivity index (χ1n) is 14.2.